The number of aryl methyl sites for hydroxylation is 2. The summed E-state index contributed by atoms with van der Waals surface area (Å²) >= 11 is 5.99. The van der Waals surface area contributed by atoms with E-state index in [9.17, 15) is 8.42 Å². The third kappa shape index (κ3) is 3.69. The Kier molecular flexibility index (Phi) is 5.80. The molecule has 0 aliphatic carbocycles. The average molecular weight is 306 g/mol. The lowest BCUT2D eigenvalue weighted by atomic mass is 10.2. The van der Waals surface area contributed by atoms with E-state index in [1.54, 1.807) is 26.0 Å². The van der Waals surface area contributed by atoms with Crippen molar-refractivity contribution in [2.45, 2.75) is 32.1 Å². The van der Waals surface area contributed by atoms with Crippen molar-refractivity contribution >= 4 is 21.6 Å². The largest absolute Gasteiger partial charge is 0.395 e. The lowest BCUT2D eigenvalue weighted by Crippen LogP contribution is -2.34. The first kappa shape index (κ1) is 16.4. The number of nitrogens with zero attached hydrogens (tertiary/aromatic N) is 1. The molecule has 0 heterocycles. The molecule has 0 amide bonds. The quantitative estimate of drug-likeness (QED) is 0.877. The molecule has 1 rings (SSSR count). The second kappa shape index (κ2) is 6.70. The first-order valence-corrected chi connectivity index (χ1v) is 8.04. The van der Waals surface area contributed by atoms with Gasteiger partial charge in [0.25, 0.3) is 0 Å². The maximum absolute atomic E-state index is 12.6. The Morgan fingerprint density at radius 2 is 1.84 bits per heavy atom. The number of aliphatic hydroxyl groups excluding tert-OH is 1. The van der Waals surface area contributed by atoms with Crippen LogP contribution >= 0.6 is 11.6 Å². The molecule has 6 heteroatoms. The van der Waals surface area contributed by atoms with E-state index in [2.05, 4.69) is 0 Å². The molecule has 0 radical (unpaired) electrons. The minimum Gasteiger partial charge on any atom is -0.395 e. The molecule has 1 N–H and O–H groups in total. The Morgan fingerprint density at radius 1 is 1.21 bits per heavy atom. The van der Waals surface area contributed by atoms with Crippen LogP contribution in [0, 0.1) is 13.8 Å². The predicted molar refractivity (Wildman–Crippen MR) is 77.1 cm³/mol. The Hall–Kier alpha value is -0.620. The third-order valence-electron chi connectivity index (χ3n) is 2.90. The van der Waals surface area contributed by atoms with E-state index in [4.69, 9.17) is 16.7 Å². The van der Waals surface area contributed by atoms with Gasteiger partial charge < -0.3 is 5.11 Å². The number of hydrogen-bond donors (Lipinski definition) is 1. The van der Waals surface area contributed by atoms with Crippen LogP contribution in [0.2, 0.25) is 5.02 Å². The molecule has 0 aliphatic heterocycles. The molecule has 0 aromatic heterocycles. The van der Waals surface area contributed by atoms with Gasteiger partial charge in [-0.2, -0.15) is 4.31 Å². The Bertz CT molecular complexity index is 537. The van der Waals surface area contributed by atoms with Gasteiger partial charge in [0.15, 0.2) is 0 Å². The zero-order valence-electron chi connectivity index (χ0n) is 11.5. The lowest BCUT2D eigenvalue weighted by Gasteiger charge is -2.22. The highest BCUT2D eigenvalue weighted by Crippen LogP contribution is 2.26. The van der Waals surface area contributed by atoms with E-state index in [1.807, 2.05) is 6.92 Å². The Balaban J connectivity index is 3.28. The van der Waals surface area contributed by atoms with E-state index >= 15 is 0 Å². The molecule has 108 valence electrons. The van der Waals surface area contributed by atoms with Crippen LogP contribution in [0.4, 0.5) is 0 Å². The van der Waals surface area contributed by atoms with Crippen LogP contribution in [-0.2, 0) is 10.0 Å². The monoisotopic (exact) mass is 305 g/mol. The number of hydrogen-bond acceptors (Lipinski definition) is 3. The molecule has 0 atom stereocenters. The summed E-state index contributed by atoms with van der Waals surface area (Å²) in [5, 5.41) is 9.57. The van der Waals surface area contributed by atoms with E-state index < -0.39 is 10.0 Å². The fourth-order valence-electron chi connectivity index (χ4n) is 1.88. The van der Waals surface area contributed by atoms with E-state index in [0.29, 0.717) is 23.6 Å². The molecular weight excluding hydrogens is 286 g/mol. The summed E-state index contributed by atoms with van der Waals surface area (Å²) in [7, 11) is -3.58. The van der Waals surface area contributed by atoms with Crippen molar-refractivity contribution in [3.8, 4) is 0 Å². The molecule has 1 aromatic carbocycles. The molecule has 0 unspecified atom stereocenters. The summed E-state index contributed by atoms with van der Waals surface area (Å²) in [6.45, 7) is 5.71. The van der Waals surface area contributed by atoms with Crippen molar-refractivity contribution in [1.82, 2.24) is 4.31 Å². The minimum absolute atomic E-state index is 0.108. The zero-order chi connectivity index (χ0) is 14.6. The van der Waals surface area contributed by atoms with Gasteiger partial charge in [0.1, 0.15) is 0 Å². The molecule has 0 saturated heterocycles. The van der Waals surface area contributed by atoms with Crippen molar-refractivity contribution in [1.29, 1.82) is 0 Å². The zero-order valence-corrected chi connectivity index (χ0v) is 13.1. The molecule has 4 nitrogen and oxygen atoms in total. The number of sulfonamides is 1. The van der Waals surface area contributed by atoms with Crippen molar-refractivity contribution < 1.29 is 13.5 Å². The van der Waals surface area contributed by atoms with Crippen molar-refractivity contribution in [2.75, 3.05) is 19.7 Å². The van der Waals surface area contributed by atoms with Gasteiger partial charge in [-0.25, -0.2) is 8.42 Å². The number of aliphatic hydroxyl groups is 1. The summed E-state index contributed by atoms with van der Waals surface area (Å²) in [5.41, 5.74) is 1.35. The van der Waals surface area contributed by atoms with Crippen LogP contribution in [-0.4, -0.2) is 37.5 Å². The maximum Gasteiger partial charge on any atom is 0.243 e. The molecule has 0 bridgehead atoms. The van der Waals surface area contributed by atoms with Gasteiger partial charge in [-0.15, -0.1) is 0 Å². The van der Waals surface area contributed by atoms with Crippen LogP contribution < -0.4 is 0 Å². The van der Waals surface area contributed by atoms with Gasteiger partial charge in [0.2, 0.25) is 10.0 Å². The molecule has 0 saturated carbocycles. The Labute approximate surface area is 120 Å². The highest BCUT2D eigenvalue weighted by molar-refractivity contribution is 7.89. The lowest BCUT2D eigenvalue weighted by molar-refractivity contribution is 0.253. The van der Waals surface area contributed by atoms with Crippen LogP contribution in [0.1, 0.15) is 24.5 Å². The first-order valence-electron chi connectivity index (χ1n) is 6.22. The van der Waals surface area contributed by atoms with Crippen molar-refractivity contribution in [2.24, 2.45) is 0 Å². The molecule has 19 heavy (non-hydrogen) atoms. The smallest absolute Gasteiger partial charge is 0.243 e. The van der Waals surface area contributed by atoms with Gasteiger partial charge in [-0.05, 0) is 43.5 Å². The predicted octanol–water partition coefficient (Wildman–Crippen LogP) is 2.35. The summed E-state index contributed by atoms with van der Waals surface area (Å²) < 4.78 is 26.4. The second-order valence-electron chi connectivity index (χ2n) is 4.49. The standard InChI is InChI=1S/C13H20ClNO3S/c1-4-5-15(6-7-16)19(17,18)13-9-10(2)12(14)8-11(13)3/h8-9,16H,4-7H2,1-3H3. The molecular formula is C13H20ClNO3S. The fraction of sp³-hybridized carbons (Fsp3) is 0.538. The average Bonchev–Trinajstić information content (AvgIpc) is 2.33. The van der Waals surface area contributed by atoms with E-state index in [1.165, 1.54) is 4.31 Å². The van der Waals surface area contributed by atoms with Crippen molar-refractivity contribution in [3.05, 3.63) is 28.3 Å². The van der Waals surface area contributed by atoms with Gasteiger partial charge in [-0.1, -0.05) is 18.5 Å². The summed E-state index contributed by atoms with van der Waals surface area (Å²) in [6, 6.07) is 3.25. The SMILES string of the molecule is CCCN(CCO)S(=O)(=O)c1cc(C)c(Cl)cc1C. The minimum atomic E-state index is -3.58. The number of halogens is 1. The van der Waals surface area contributed by atoms with Crippen LogP contribution in [0.3, 0.4) is 0 Å². The van der Waals surface area contributed by atoms with Crippen LogP contribution in [0.15, 0.2) is 17.0 Å². The fourth-order valence-corrected chi connectivity index (χ4v) is 3.92. The number of benzene rings is 1. The molecule has 0 fully saturated rings. The van der Waals surface area contributed by atoms with Crippen LogP contribution in [0.25, 0.3) is 0 Å². The topological polar surface area (TPSA) is 57.6 Å². The highest BCUT2D eigenvalue weighted by Gasteiger charge is 2.25. The Morgan fingerprint density at radius 3 is 2.37 bits per heavy atom. The van der Waals surface area contributed by atoms with Gasteiger partial charge in [-0.3, -0.25) is 0 Å². The van der Waals surface area contributed by atoms with Crippen LogP contribution in [0.5, 0.6) is 0 Å². The van der Waals surface area contributed by atoms with Gasteiger partial charge in [0.05, 0.1) is 11.5 Å². The van der Waals surface area contributed by atoms with E-state index in [0.717, 1.165) is 5.56 Å². The molecule has 1 aromatic rings. The van der Waals surface area contributed by atoms with Crippen molar-refractivity contribution in [3.63, 3.8) is 0 Å². The number of rotatable bonds is 6. The summed E-state index contributed by atoms with van der Waals surface area (Å²) in [5.74, 6) is 0. The highest BCUT2D eigenvalue weighted by atomic mass is 35.5. The molecule has 0 spiro atoms. The normalized spacial score (nSPS) is 12.1. The molecule has 0 aliphatic rings. The maximum atomic E-state index is 12.6. The van der Waals surface area contributed by atoms with Gasteiger partial charge in [0, 0.05) is 18.1 Å². The second-order valence-corrected chi connectivity index (χ2v) is 6.81. The summed E-state index contributed by atoms with van der Waals surface area (Å²) in [4.78, 5) is 0.260. The van der Waals surface area contributed by atoms with E-state index in [-0.39, 0.29) is 18.0 Å². The summed E-state index contributed by atoms with van der Waals surface area (Å²) in [6.07, 6.45) is 0.699. The van der Waals surface area contributed by atoms with Gasteiger partial charge >= 0.3 is 0 Å². The first-order chi connectivity index (χ1) is 8.84. The third-order valence-corrected chi connectivity index (χ3v) is 5.34.